The molecule has 5 heteroatoms. The second kappa shape index (κ2) is 6.35. The molecule has 1 fully saturated rings. The Morgan fingerprint density at radius 2 is 2.05 bits per heavy atom. The van der Waals surface area contributed by atoms with E-state index in [1.165, 1.54) is 25.9 Å². The van der Waals surface area contributed by atoms with Crippen LogP contribution in [0.15, 0.2) is 12.1 Å². The third kappa shape index (κ3) is 3.47. The van der Waals surface area contributed by atoms with Crippen molar-refractivity contribution in [1.82, 2.24) is 4.90 Å². The summed E-state index contributed by atoms with van der Waals surface area (Å²) in [6, 6.07) is 3.95. The average molecular weight is 288 g/mol. The van der Waals surface area contributed by atoms with E-state index in [9.17, 15) is 4.79 Å². The van der Waals surface area contributed by atoms with Crippen LogP contribution in [0.4, 0.5) is 17.1 Å². The van der Waals surface area contributed by atoms with Crippen LogP contribution in [0.3, 0.4) is 0 Å². The highest BCUT2D eigenvalue weighted by Crippen LogP contribution is 2.30. The summed E-state index contributed by atoms with van der Waals surface area (Å²) in [6.45, 7) is 4.54. The second-order valence-electron chi connectivity index (χ2n) is 5.97. The standard InChI is InChI=1S/C16H24N4O/c17-13-10-12-4-5-16(21)19-14(12)11-15(13)18-6-3-9-20-7-1-2-8-20/h10-11,18H,1-9,17H2,(H,19,21). The smallest absolute Gasteiger partial charge is 0.224 e. The Balaban J connectivity index is 1.55. The molecule has 0 saturated carbocycles. The number of carbonyl (C=O) groups excluding carboxylic acids is 1. The maximum Gasteiger partial charge on any atom is 0.224 e. The van der Waals surface area contributed by atoms with Crippen molar-refractivity contribution >= 4 is 23.0 Å². The van der Waals surface area contributed by atoms with Gasteiger partial charge in [-0.2, -0.15) is 0 Å². The molecule has 1 aromatic carbocycles. The fourth-order valence-corrected chi connectivity index (χ4v) is 3.13. The van der Waals surface area contributed by atoms with Crippen LogP contribution in [0.25, 0.3) is 0 Å². The van der Waals surface area contributed by atoms with Gasteiger partial charge in [0.2, 0.25) is 5.91 Å². The minimum atomic E-state index is 0.0901. The Hall–Kier alpha value is -1.75. The van der Waals surface area contributed by atoms with Crippen molar-refractivity contribution in [2.24, 2.45) is 0 Å². The zero-order valence-electron chi connectivity index (χ0n) is 12.5. The maximum absolute atomic E-state index is 11.5. The topological polar surface area (TPSA) is 70.4 Å². The van der Waals surface area contributed by atoms with Gasteiger partial charge >= 0.3 is 0 Å². The SMILES string of the molecule is Nc1cc2c(cc1NCCCN1CCCC1)NC(=O)CC2. The molecule has 0 atom stereocenters. The summed E-state index contributed by atoms with van der Waals surface area (Å²) >= 11 is 0. The number of hydrogen-bond donors (Lipinski definition) is 3. The first kappa shape index (κ1) is 14.2. The van der Waals surface area contributed by atoms with Gasteiger partial charge in [-0.05, 0) is 63.0 Å². The second-order valence-corrected chi connectivity index (χ2v) is 5.97. The van der Waals surface area contributed by atoms with Crippen molar-refractivity contribution in [3.63, 3.8) is 0 Å². The number of benzene rings is 1. The number of carbonyl (C=O) groups is 1. The van der Waals surface area contributed by atoms with Crippen LogP contribution in [0.2, 0.25) is 0 Å². The zero-order valence-corrected chi connectivity index (χ0v) is 12.5. The van der Waals surface area contributed by atoms with E-state index in [0.29, 0.717) is 6.42 Å². The van der Waals surface area contributed by atoms with Gasteiger partial charge in [-0.3, -0.25) is 4.79 Å². The van der Waals surface area contributed by atoms with Crippen molar-refractivity contribution in [1.29, 1.82) is 0 Å². The van der Waals surface area contributed by atoms with Crippen LogP contribution in [-0.2, 0) is 11.2 Å². The summed E-state index contributed by atoms with van der Waals surface area (Å²) in [7, 11) is 0. The van der Waals surface area contributed by atoms with Crippen LogP contribution in [0.5, 0.6) is 0 Å². The Morgan fingerprint density at radius 1 is 1.24 bits per heavy atom. The van der Waals surface area contributed by atoms with Crippen LogP contribution in [0, 0.1) is 0 Å². The molecule has 21 heavy (non-hydrogen) atoms. The molecule has 0 radical (unpaired) electrons. The van der Waals surface area contributed by atoms with Gasteiger partial charge in [0.25, 0.3) is 0 Å². The predicted molar refractivity (Wildman–Crippen MR) is 86.6 cm³/mol. The number of aryl methyl sites for hydroxylation is 1. The van der Waals surface area contributed by atoms with Crippen molar-refractivity contribution in [2.45, 2.75) is 32.1 Å². The first-order chi connectivity index (χ1) is 10.2. The van der Waals surface area contributed by atoms with E-state index in [1.807, 2.05) is 12.1 Å². The lowest BCUT2D eigenvalue weighted by molar-refractivity contribution is -0.116. The number of nitrogens with one attached hydrogen (secondary N) is 2. The largest absolute Gasteiger partial charge is 0.397 e. The van der Waals surface area contributed by atoms with Crippen molar-refractivity contribution in [3.8, 4) is 0 Å². The van der Waals surface area contributed by atoms with Gasteiger partial charge in [0.1, 0.15) is 0 Å². The number of fused-ring (bicyclic) bond motifs is 1. The predicted octanol–water partition coefficient (Wildman–Crippen LogP) is 2.05. The molecule has 1 amide bonds. The maximum atomic E-state index is 11.5. The van der Waals surface area contributed by atoms with Gasteiger partial charge in [0.05, 0.1) is 11.4 Å². The molecule has 0 unspecified atom stereocenters. The molecule has 4 N–H and O–H groups in total. The van der Waals surface area contributed by atoms with Gasteiger partial charge < -0.3 is 21.3 Å². The van der Waals surface area contributed by atoms with E-state index in [2.05, 4.69) is 15.5 Å². The van der Waals surface area contributed by atoms with E-state index in [-0.39, 0.29) is 5.91 Å². The number of likely N-dealkylation sites (tertiary alicyclic amines) is 1. The summed E-state index contributed by atoms with van der Waals surface area (Å²) in [5.74, 6) is 0.0901. The fourth-order valence-electron chi connectivity index (χ4n) is 3.13. The van der Waals surface area contributed by atoms with Crippen LogP contribution < -0.4 is 16.4 Å². The molecular formula is C16H24N4O. The molecule has 0 aliphatic carbocycles. The summed E-state index contributed by atoms with van der Waals surface area (Å²) in [6.07, 6.45) is 5.12. The summed E-state index contributed by atoms with van der Waals surface area (Å²) in [4.78, 5) is 14.0. The molecule has 2 aliphatic heterocycles. The lowest BCUT2D eigenvalue weighted by Gasteiger charge is -2.20. The molecule has 0 aromatic heterocycles. The zero-order chi connectivity index (χ0) is 14.7. The average Bonchev–Trinajstić information content (AvgIpc) is 2.97. The molecular weight excluding hydrogens is 264 g/mol. The van der Waals surface area contributed by atoms with Crippen LogP contribution >= 0.6 is 0 Å². The molecule has 1 saturated heterocycles. The molecule has 3 rings (SSSR count). The van der Waals surface area contributed by atoms with Gasteiger partial charge in [-0.15, -0.1) is 0 Å². The minimum Gasteiger partial charge on any atom is -0.397 e. The number of nitrogens with two attached hydrogens (primary N) is 1. The van der Waals surface area contributed by atoms with Gasteiger partial charge in [0, 0.05) is 18.7 Å². The van der Waals surface area contributed by atoms with E-state index in [4.69, 9.17) is 5.73 Å². The molecule has 0 spiro atoms. The third-order valence-corrected chi connectivity index (χ3v) is 4.34. The summed E-state index contributed by atoms with van der Waals surface area (Å²) in [5, 5.41) is 6.32. The normalized spacial score (nSPS) is 18.4. The Bertz CT molecular complexity index is 523. The Morgan fingerprint density at radius 3 is 2.86 bits per heavy atom. The quantitative estimate of drug-likeness (QED) is 0.573. The van der Waals surface area contributed by atoms with Gasteiger partial charge in [-0.1, -0.05) is 0 Å². The van der Waals surface area contributed by atoms with E-state index < -0.39 is 0 Å². The first-order valence-corrected chi connectivity index (χ1v) is 7.91. The monoisotopic (exact) mass is 288 g/mol. The van der Waals surface area contributed by atoms with E-state index in [1.54, 1.807) is 0 Å². The van der Waals surface area contributed by atoms with E-state index in [0.717, 1.165) is 48.6 Å². The highest BCUT2D eigenvalue weighted by Gasteiger charge is 2.16. The minimum absolute atomic E-state index is 0.0901. The lowest BCUT2D eigenvalue weighted by Crippen LogP contribution is -2.22. The van der Waals surface area contributed by atoms with Gasteiger partial charge in [-0.25, -0.2) is 0 Å². The molecule has 5 nitrogen and oxygen atoms in total. The van der Waals surface area contributed by atoms with Crippen LogP contribution in [-0.4, -0.2) is 37.0 Å². The lowest BCUT2D eigenvalue weighted by atomic mass is 10.0. The number of nitrogens with zero attached hydrogens (tertiary/aromatic N) is 1. The Labute approximate surface area is 125 Å². The first-order valence-electron chi connectivity index (χ1n) is 7.91. The van der Waals surface area contributed by atoms with E-state index >= 15 is 0 Å². The fraction of sp³-hybridized carbons (Fsp3) is 0.562. The van der Waals surface area contributed by atoms with Crippen molar-refractivity contribution in [2.75, 3.05) is 42.5 Å². The highest BCUT2D eigenvalue weighted by atomic mass is 16.1. The number of amides is 1. The molecule has 2 aliphatic rings. The van der Waals surface area contributed by atoms with Crippen LogP contribution in [0.1, 0.15) is 31.2 Å². The number of rotatable bonds is 5. The third-order valence-electron chi connectivity index (χ3n) is 4.34. The van der Waals surface area contributed by atoms with Crippen molar-refractivity contribution in [3.05, 3.63) is 17.7 Å². The molecule has 114 valence electrons. The van der Waals surface area contributed by atoms with Crippen molar-refractivity contribution < 1.29 is 4.79 Å². The number of hydrogen-bond acceptors (Lipinski definition) is 4. The molecule has 0 bridgehead atoms. The molecule has 1 aromatic rings. The van der Waals surface area contributed by atoms with Gasteiger partial charge in [0.15, 0.2) is 0 Å². The molecule has 2 heterocycles. The number of nitrogen functional groups attached to an aromatic ring is 1. The highest BCUT2D eigenvalue weighted by molar-refractivity contribution is 5.95. The Kier molecular flexibility index (Phi) is 4.29. The number of anilines is 3. The summed E-state index contributed by atoms with van der Waals surface area (Å²) in [5.41, 5.74) is 9.83. The summed E-state index contributed by atoms with van der Waals surface area (Å²) < 4.78 is 0.